The SMILES string of the molecule is Cc1cc(C)c(C(N)c2cc3c(s2)CCSC3)c(F)c1. The molecule has 1 atom stereocenters. The van der Waals surface area contributed by atoms with E-state index in [1.165, 1.54) is 16.2 Å². The first-order valence-electron chi connectivity index (χ1n) is 6.77. The Morgan fingerprint density at radius 3 is 2.75 bits per heavy atom. The summed E-state index contributed by atoms with van der Waals surface area (Å²) in [6.45, 7) is 3.85. The quantitative estimate of drug-likeness (QED) is 0.893. The Hall–Kier alpha value is -0.840. The number of rotatable bonds is 2. The molecule has 1 aliphatic heterocycles. The van der Waals surface area contributed by atoms with Crippen molar-refractivity contribution in [2.75, 3.05) is 5.75 Å². The maximum Gasteiger partial charge on any atom is 0.128 e. The van der Waals surface area contributed by atoms with Crippen molar-refractivity contribution in [1.29, 1.82) is 0 Å². The minimum absolute atomic E-state index is 0.184. The third kappa shape index (κ3) is 2.52. The third-order valence-electron chi connectivity index (χ3n) is 3.74. The van der Waals surface area contributed by atoms with Gasteiger partial charge >= 0.3 is 0 Å². The highest BCUT2D eigenvalue weighted by molar-refractivity contribution is 7.98. The van der Waals surface area contributed by atoms with Crippen LogP contribution in [-0.4, -0.2) is 5.75 Å². The molecule has 1 aromatic carbocycles. The standard InChI is InChI=1S/C16H18FNS2/c1-9-5-10(2)15(12(17)6-9)16(18)14-7-11-8-19-4-3-13(11)20-14/h5-7,16H,3-4,8,18H2,1-2H3. The average molecular weight is 307 g/mol. The zero-order chi connectivity index (χ0) is 14.3. The largest absolute Gasteiger partial charge is 0.320 e. The van der Waals surface area contributed by atoms with Crippen molar-refractivity contribution in [3.05, 3.63) is 56.0 Å². The molecule has 0 aliphatic carbocycles. The molecule has 0 saturated heterocycles. The fourth-order valence-electron chi connectivity index (χ4n) is 2.79. The van der Waals surface area contributed by atoms with E-state index in [0.29, 0.717) is 5.56 Å². The predicted molar refractivity (Wildman–Crippen MR) is 86.1 cm³/mol. The Bertz CT molecular complexity index is 601. The van der Waals surface area contributed by atoms with E-state index in [1.807, 2.05) is 31.7 Å². The molecule has 2 heterocycles. The first-order valence-corrected chi connectivity index (χ1v) is 8.75. The van der Waals surface area contributed by atoms with Gasteiger partial charge in [-0.3, -0.25) is 0 Å². The fraction of sp³-hybridized carbons (Fsp3) is 0.375. The summed E-state index contributed by atoms with van der Waals surface area (Å²) in [6.07, 6.45) is 1.12. The van der Waals surface area contributed by atoms with Gasteiger partial charge in [-0.05, 0) is 54.8 Å². The summed E-state index contributed by atoms with van der Waals surface area (Å²) in [6, 6.07) is 5.40. The van der Waals surface area contributed by atoms with Crippen LogP contribution in [0.2, 0.25) is 0 Å². The maximum atomic E-state index is 14.3. The van der Waals surface area contributed by atoms with E-state index in [2.05, 4.69) is 6.07 Å². The van der Waals surface area contributed by atoms with Crippen molar-refractivity contribution < 1.29 is 4.39 Å². The molecule has 4 heteroatoms. The normalized spacial score (nSPS) is 16.0. The number of halogens is 1. The van der Waals surface area contributed by atoms with Crippen LogP contribution in [0.15, 0.2) is 18.2 Å². The molecule has 20 heavy (non-hydrogen) atoms. The summed E-state index contributed by atoms with van der Waals surface area (Å²) in [7, 11) is 0. The second-order valence-electron chi connectivity index (χ2n) is 5.35. The molecule has 1 aliphatic rings. The Morgan fingerprint density at radius 1 is 1.25 bits per heavy atom. The van der Waals surface area contributed by atoms with Gasteiger partial charge in [0.05, 0.1) is 6.04 Å². The summed E-state index contributed by atoms with van der Waals surface area (Å²) in [5, 5.41) is 0. The first-order chi connectivity index (χ1) is 9.56. The van der Waals surface area contributed by atoms with Crippen molar-refractivity contribution >= 4 is 23.1 Å². The van der Waals surface area contributed by atoms with Crippen LogP contribution in [0, 0.1) is 19.7 Å². The zero-order valence-corrected chi connectivity index (χ0v) is 13.3. The first kappa shape index (κ1) is 14.1. The van der Waals surface area contributed by atoms with E-state index in [-0.39, 0.29) is 11.9 Å². The fourth-order valence-corrected chi connectivity index (χ4v) is 5.17. The van der Waals surface area contributed by atoms with Gasteiger partial charge < -0.3 is 5.73 Å². The second-order valence-corrected chi connectivity index (χ2v) is 7.63. The van der Waals surface area contributed by atoms with Crippen LogP contribution in [-0.2, 0) is 12.2 Å². The van der Waals surface area contributed by atoms with Crippen molar-refractivity contribution in [1.82, 2.24) is 0 Å². The summed E-state index contributed by atoms with van der Waals surface area (Å²) in [4.78, 5) is 2.52. The smallest absolute Gasteiger partial charge is 0.128 e. The van der Waals surface area contributed by atoms with Gasteiger partial charge in [-0.1, -0.05) is 6.07 Å². The lowest BCUT2D eigenvalue weighted by atomic mass is 9.97. The second kappa shape index (κ2) is 5.51. The van der Waals surface area contributed by atoms with E-state index < -0.39 is 0 Å². The lowest BCUT2D eigenvalue weighted by Gasteiger charge is -2.15. The van der Waals surface area contributed by atoms with Crippen LogP contribution >= 0.6 is 23.1 Å². The number of thioether (sulfide) groups is 1. The Kier molecular flexibility index (Phi) is 3.89. The van der Waals surface area contributed by atoms with Gasteiger partial charge in [0.15, 0.2) is 0 Å². The van der Waals surface area contributed by atoms with Gasteiger partial charge in [-0.2, -0.15) is 11.8 Å². The highest BCUT2D eigenvalue weighted by Crippen LogP contribution is 2.37. The molecule has 0 amide bonds. The molecule has 0 bridgehead atoms. The topological polar surface area (TPSA) is 26.0 Å². The molecule has 0 radical (unpaired) electrons. The highest BCUT2D eigenvalue weighted by Gasteiger charge is 2.21. The summed E-state index contributed by atoms with van der Waals surface area (Å²) in [5.74, 6) is 2.06. The molecule has 1 nitrogen and oxygen atoms in total. The number of thiophene rings is 1. The molecule has 0 saturated carbocycles. The number of fused-ring (bicyclic) bond motifs is 1. The minimum atomic E-state index is -0.351. The number of nitrogens with two attached hydrogens (primary N) is 1. The van der Waals surface area contributed by atoms with E-state index in [0.717, 1.165) is 28.2 Å². The van der Waals surface area contributed by atoms with Crippen LogP contribution < -0.4 is 5.73 Å². The Balaban J connectivity index is 2.00. The summed E-state index contributed by atoms with van der Waals surface area (Å²) in [5.41, 5.74) is 10.3. The molecule has 0 spiro atoms. The summed E-state index contributed by atoms with van der Waals surface area (Å²) < 4.78 is 14.3. The number of hydrogen-bond acceptors (Lipinski definition) is 3. The predicted octanol–water partition coefficient (Wildman–Crippen LogP) is 4.34. The summed E-state index contributed by atoms with van der Waals surface area (Å²) >= 11 is 3.71. The number of hydrogen-bond donors (Lipinski definition) is 1. The highest BCUT2D eigenvalue weighted by atomic mass is 32.2. The lowest BCUT2D eigenvalue weighted by molar-refractivity contribution is 0.597. The van der Waals surface area contributed by atoms with Crippen LogP contribution in [0.5, 0.6) is 0 Å². The van der Waals surface area contributed by atoms with E-state index in [9.17, 15) is 4.39 Å². The Morgan fingerprint density at radius 2 is 2.05 bits per heavy atom. The van der Waals surface area contributed by atoms with Gasteiger partial charge in [0.25, 0.3) is 0 Å². The molecule has 1 aromatic heterocycles. The van der Waals surface area contributed by atoms with Gasteiger partial charge in [0.1, 0.15) is 5.82 Å². The zero-order valence-electron chi connectivity index (χ0n) is 11.7. The number of aryl methyl sites for hydroxylation is 3. The maximum absolute atomic E-state index is 14.3. The molecule has 2 aromatic rings. The van der Waals surface area contributed by atoms with E-state index in [4.69, 9.17) is 5.73 Å². The van der Waals surface area contributed by atoms with E-state index >= 15 is 0 Å². The van der Waals surface area contributed by atoms with Crippen molar-refractivity contribution in [3.8, 4) is 0 Å². The molecule has 3 rings (SSSR count). The molecule has 2 N–H and O–H groups in total. The Labute approximate surface area is 127 Å². The van der Waals surface area contributed by atoms with Crippen molar-refractivity contribution in [3.63, 3.8) is 0 Å². The van der Waals surface area contributed by atoms with Gasteiger partial charge in [0.2, 0.25) is 0 Å². The van der Waals surface area contributed by atoms with Gasteiger partial charge in [-0.25, -0.2) is 4.39 Å². The molecule has 1 unspecified atom stereocenters. The number of benzene rings is 1. The van der Waals surface area contributed by atoms with Crippen LogP contribution in [0.4, 0.5) is 4.39 Å². The van der Waals surface area contributed by atoms with Crippen LogP contribution in [0.25, 0.3) is 0 Å². The molecule has 0 fully saturated rings. The molecular weight excluding hydrogens is 289 g/mol. The van der Waals surface area contributed by atoms with E-state index in [1.54, 1.807) is 17.4 Å². The average Bonchev–Trinajstić information content (AvgIpc) is 2.81. The van der Waals surface area contributed by atoms with Crippen molar-refractivity contribution in [2.45, 2.75) is 32.1 Å². The monoisotopic (exact) mass is 307 g/mol. The third-order valence-corrected chi connectivity index (χ3v) is 6.07. The van der Waals surface area contributed by atoms with Crippen LogP contribution in [0.3, 0.4) is 0 Å². The van der Waals surface area contributed by atoms with Gasteiger partial charge in [-0.15, -0.1) is 11.3 Å². The molecule has 106 valence electrons. The van der Waals surface area contributed by atoms with Crippen LogP contribution in [0.1, 0.15) is 38.0 Å². The molecular formula is C16H18FNS2. The van der Waals surface area contributed by atoms with Crippen molar-refractivity contribution in [2.24, 2.45) is 5.73 Å². The van der Waals surface area contributed by atoms with Gasteiger partial charge in [0, 0.05) is 21.1 Å². The minimum Gasteiger partial charge on any atom is -0.320 e. The lowest BCUT2D eigenvalue weighted by Crippen LogP contribution is -2.14.